The third-order valence-electron chi connectivity index (χ3n) is 4.52. The first kappa shape index (κ1) is 12.0. The van der Waals surface area contributed by atoms with Crippen molar-refractivity contribution in [1.29, 1.82) is 0 Å². The molecular weight excluding hydrogens is 220 g/mol. The Morgan fingerprint density at radius 1 is 1.28 bits per heavy atom. The molecule has 0 saturated carbocycles. The standard InChI is InChI=1S/C16H24N2/c1-4-15-8-13-7-12-5-6-18(11(2)3)10-14(12)9-16(13)17-15/h7,9,11,15,17H,4-6,8,10H2,1-3H3. The predicted molar refractivity (Wildman–Crippen MR) is 77.1 cm³/mol. The van der Waals surface area contributed by atoms with Crippen LogP contribution in [0.25, 0.3) is 0 Å². The van der Waals surface area contributed by atoms with Crippen LogP contribution in [-0.2, 0) is 19.4 Å². The van der Waals surface area contributed by atoms with Gasteiger partial charge in [-0.3, -0.25) is 4.90 Å². The first-order chi connectivity index (χ1) is 8.67. The summed E-state index contributed by atoms with van der Waals surface area (Å²) in [4.78, 5) is 2.57. The van der Waals surface area contributed by atoms with Crippen LogP contribution in [0.15, 0.2) is 12.1 Å². The highest BCUT2D eigenvalue weighted by molar-refractivity contribution is 5.60. The van der Waals surface area contributed by atoms with Crippen LogP contribution in [-0.4, -0.2) is 23.5 Å². The van der Waals surface area contributed by atoms with Gasteiger partial charge in [0, 0.05) is 30.9 Å². The zero-order valence-electron chi connectivity index (χ0n) is 11.8. The highest BCUT2D eigenvalue weighted by Gasteiger charge is 2.24. The van der Waals surface area contributed by atoms with E-state index in [1.165, 1.54) is 37.1 Å². The van der Waals surface area contributed by atoms with Crippen molar-refractivity contribution in [2.24, 2.45) is 0 Å². The van der Waals surface area contributed by atoms with Crippen molar-refractivity contribution in [3.63, 3.8) is 0 Å². The van der Waals surface area contributed by atoms with E-state index in [0.717, 1.165) is 6.54 Å². The lowest BCUT2D eigenvalue weighted by Crippen LogP contribution is -2.35. The van der Waals surface area contributed by atoms with Crippen LogP contribution >= 0.6 is 0 Å². The highest BCUT2D eigenvalue weighted by Crippen LogP contribution is 2.32. The molecule has 2 aliphatic rings. The molecule has 0 bridgehead atoms. The van der Waals surface area contributed by atoms with Gasteiger partial charge in [0.15, 0.2) is 0 Å². The molecule has 0 amide bonds. The molecule has 1 unspecified atom stereocenters. The van der Waals surface area contributed by atoms with Crippen LogP contribution in [0.2, 0.25) is 0 Å². The predicted octanol–water partition coefficient (Wildman–Crippen LogP) is 3.20. The van der Waals surface area contributed by atoms with Gasteiger partial charge < -0.3 is 5.32 Å². The van der Waals surface area contributed by atoms with Crippen molar-refractivity contribution in [3.05, 3.63) is 28.8 Å². The summed E-state index contributed by atoms with van der Waals surface area (Å²) >= 11 is 0. The maximum atomic E-state index is 3.66. The fourth-order valence-electron chi connectivity index (χ4n) is 3.21. The maximum absolute atomic E-state index is 3.66. The van der Waals surface area contributed by atoms with Crippen LogP contribution in [0.5, 0.6) is 0 Å². The lowest BCUT2D eigenvalue weighted by molar-refractivity contribution is 0.203. The Morgan fingerprint density at radius 3 is 2.83 bits per heavy atom. The maximum Gasteiger partial charge on any atom is 0.0379 e. The lowest BCUT2D eigenvalue weighted by Gasteiger charge is -2.32. The minimum absolute atomic E-state index is 0.655. The molecule has 0 saturated heterocycles. The van der Waals surface area contributed by atoms with E-state index in [2.05, 4.69) is 43.1 Å². The first-order valence-corrected chi connectivity index (χ1v) is 7.32. The molecule has 0 spiro atoms. The van der Waals surface area contributed by atoms with Gasteiger partial charge in [-0.1, -0.05) is 13.0 Å². The smallest absolute Gasteiger partial charge is 0.0379 e. The summed E-state index contributed by atoms with van der Waals surface area (Å²) in [5, 5.41) is 3.66. The van der Waals surface area contributed by atoms with E-state index in [-0.39, 0.29) is 0 Å². The minimum Gasteiger partial charge on any atom is -0.382 e. The first-order valence-electron chi connectivity index (χ1n) is 7.32. The van der Waals surface area contributed by atoms with E-state index >= 15 is 0 Å². The molecular formula is C16H24N2. The number of rotatable bonds is 2. The number of nitrogens with zero attached hydrogens (tertiary/aromatic N) is 1. The van der Waals surface area contributed by atoms with Gasteiger partial charge in [-0.2, -0.15) is 0 Å². The van der Waals surface area contributed by atoms with Gasteiger partial charge in [0.25, 0.3) is 0 Å². The molecule has 2 heteroatoms. The third-order valence-corrected chi connectivity index (χ3v) is 4.52. The SMILES string of the molecule is CCC1Cc2cc3c(cc2N1)CN(C(C)C)CC3. The van der Waals surface area contributed by atoms with Gasteiger partial charge in [0.2, 0.25) is 0 Å². The van der Waals surface area contributed by atoms with Crippen molar-refractivity contribution < 1.29 is 0 Å². The Bertz CT molecular complexity index is 451. The van der Waals surface area contributed by atoms with E-state index in [4.69, 9.17) is 0 Å². The van der Waals surface area contributed by atoms with E-state index in [1.807, 2.05) is 0 Å². The number of anilines is 1. The van der Waals surface area contributed by atoms with Gasteiger partial charge in [-0.25, -0.2) is 0 Å². The van der Waals surface area contributed by atoms with Crippen LogP contribution < -0.4 is 5.32 Å². The molecule has 1 atom stereocenters. The molecule has 1 aromatic carbocycles. The molecule has 1 aromatic rings. The highest BCUT2D eigenvalue weighted by atomic mass is 15.1. The number of hydrogen-bond donors (Lipinski definition) is 1. The summed E-state index contributed by atoms with van der Waals surface area (Å²) in [5.41, 5.74) is 6.06. The van der Waals surface area contributed by atoms with Crippen LogP contribution in [0, 0.1) is 0 Å². The van der Waals surface area contributed by atoms with Crippen molar-refractivity contribution >= 4 is 5.69 Å². The Morgan fingerprint density at radius 2 is 2.11 bits per heavy atom. The fourth-order valence-corrected chi connectivity index (χ4v) is 3.21. The van der Waals surface area contributed by atoms with Gasteiger partial charge in [0.05, 0.1) is 0 Å². The molecule has 0 aromatic heterocycles. The second-order valence-electron chi connectivity index (χ2n) is 6.05. The molecule has 2 heterocycles. The Kier molecular flexibility index (Phi) is 3.06. The molecule has 3 rings (SSSR count). The normalized spacial score (nSPS) is 22.8. The van der Waals surface area contributed by atoms with Crippen LogP contribution in [0.1, 0.15) is 43.9 Å². The molecule has 2 nitrogen and oxygen atoms in total. The van der Waals surface area contributed by atoms with Gasteiger partial charge >= 0.3 is 0 Å². The monoisotopic (exact) mass is 244 g/mol. The van der Waals surface area contributed by atoms with Crippen molar-refractivity contribution in [3.8, 4) is 0 Å². The number of hydrogen-bond acceptors (Lipinski definition) is 2. The number of nitrogens with one attached hydrogen (secondary N) is 1. The second-order valence-corrected chi connectivity index (χ2v) is 6.05. The van der Waals surface area contributed by atoms with Crippen molar-refractivity contribution in [2.45, 2.75) is 58.7 Å². The summed E-state index contributed by atoms with van der Waals surface area (Å²) in [6, 6.07) is 6.19. The third kappa shape index (κ3) is 2.03. The zero-order chi connectivity index (χ0) is 12.7. The molecule has 18 heavy (non-hydrogen) atoms. The van der Waals surface area contributed by atoms with E-state index in [1.54, 1.807) is 11.1 Å². The lowest BCUT2D eigenvalue weighted by atomic mass is 9.95. The second kappa shape index (κ2) is 4.58. The largest absolute Gasteiger partial charge is 0.382 e. The summed E-state index contributed by atoms with van der Waals surface area (Å²) in [6.45, 7) is 9.20. The fraction of sp³-hybridized carbons (Fsp3) is 0.625. The topological polar surface area (TPSA) is 15.3 Å². The van der Waals surface area contributed by atoms with E-state index < -0.39 is 0 Å². The van der Waals surface area contributed by atoms with Gasteiger partial charge in [0.1, 0.15) is 0 Å². The number of benzene rings is 1. The molecule has 0 fully saturated rings. The molecule has 0 aliphatic carbocycles. The van der Waals surface area contributed by atoms with Gasteiger partial charge in [-0.15, -0.1) is 0 Å². The average molecular weight is 244 g/mol. The molecule has 1 N–H and O–H groups in total. The summed E-state index contributed by atoms with van der Waals surface area (Å²) in [7, 11) is 0. The Balaban J connectivity index is 1.87. The average Bonchev–Trinajstić information content (AvgIpc) is 2.76. The Hall–Kier alpha value is -1.02. The zero-order valence-corrected chi connectivity index (χ0v) is 11.8. The van der Waals surface area contributed by atoms with Crippen molar-refractivity contribution in [2.75, 3.05) is 11.9 Å². The number of fused-ring (bicyclic) bond motifs is 2. The van der Waals surface area contributed by atoms with Crippen LogP contribution in [0.4, 0.5) is 5.69 Å². The quantitative estimate of drug-likeness (QED) is 0.859. The summed E-state index contributed by atoms with van der Waals surface area (Å²) in [6.07, 6.45) is 3.65. The molecule has 2 aliphatic heterocycles. The molecule has 0 radical (unpaired) electrons. The van der Waals surface area contributed by atoms with Crippen LogP contribution in [0.3, 0.4) is 0 Å². The molecule has 98 valence electrons. The Labute approximate surface area is 110 Å². The summed E-state index contributed by atoms with van der Waals surface area (Å²) < 4.78 is 0. The van der Waals surface area contributed by atoms with E-state index in [9.17, 15) is 0 Å². The van der Waals surface area contributed by atoms with E-state index in [0.29, 0.717) is 12.1 Å². The summed E-state index contributed by atoms with van der Waals surface area (Å²) in [5.74, 6) is 0. The van der Waals surface area contributed by atoms with Gasteiger partial charge in [-0.05, 0) is 55.9 Å². The van der Waals surface area contributed by atoms with Crippen molar-refractivity contribution in [1.82, 2.24) is 4.90 Å². The minimum atomic E-state index is 0.655.